The van der Waals surface area contributed by atoms with E-state index in [1.165, 1.54) is 4.57 Å². The van der Waals surface area contributed by atoms with Gasteiger partial charge in [-0.3, -0.25) is 13.9 Å². The van der Waals surface area contributed by atoms with E-state index >= 15 is 0 Å². The van der Waals surface area contributed by atoms with Crippen LogP contribution in [-0.2, 0) is 26.2 Å². The Bertz CT molecular complexity index is 1180. The molecule has 2 N–H and O–H groups in total. The molecule has 9 heteroatoms. The molecule has 9 nitrogen and oxygen atoms in total. The van der Waals surface area contributed by atoms with E-state index in [0.717, 1.165) is 29.4 Å². The number of rotatable bonds is 11. The van der Waals surface area contributed by atoms with Crippen LogP contribution in [0.2, 0.25) is 0 Å². The van der Waals surface area contributed by atoms with E-state index in [2.05, 4.69) is 4.98 Å². The molecule has 174 valence electrons. The zero-order chi connectivity index (χ0) is 23.3. The van der Waals surface area contributed by atoms with E-state index in [4.69, 9.17) is 4.74 Å². The van der Waals surface area contributed by atoms with Crippen molar-refractivity contribution in [2.24, 2.45) is 0 Å². The van der Waals surface area contributed by atoms with Crippen LogP contribution < -0.4 is 16.0 Å². The summed E-state index contributed by atoms with van der Waals surface area (Å²) in [5.74, 6) is 0.963. The number of hydrogen-bond acceptors (Lipinski definition) is 6. The number of fused-ring (bicyclic) bond motifs is 1. The fourth-order valence-electron chi connectivity index (χ4n) is 3.76. The summed E-state index contributed by atoms with van der Waals surface area (Å²) in [7, 11) is 0. The molecule has 2 aromatic heterocycles. The quantitative estimate of drug-likeness (QED) is 0.467. The van der Waals surface area contributed by atoms with Gasteiger partial charge in [-0.25, -0.2) is 9.78 Å². The molecule has 3 rings (SSSR count). The molecule has 0 amide bonds. The second-order valence-electron chi connectivity index (χ2n) is 7.99. The molecule has 2 heterocycles. The first-order valence-corrected chi connectivity index (χ1v) is 11.1. The highest BCUT2D eigenvalue weighted by Crippen LogP contribution is 2.15. The largest absolute Gasteiger partial charge is 0.491 e. The number of benzene rings is 1. The maximum atomic E-state index is 13.3. The van der Waals surface area contributed by atoms with Gasteiger partial charge in [0.1, 0.15) is 30.9 Å². The van der Waals surface area contributed by atoms with Crippen LogP contribution in [0.3, 0.4) is 0 Å². The van der Waals surface area contributed by atoms with Gasteiger partial charge in [0.05, 0.1) is 6.54 Å². The van der Waals surface area contributed by atoms with Gasteiger partial charge in [-0.15, -0.1) is 0 Å². The Kier molecular flexibility index (Phi) is 7.87. The highest BCUT2D eigenvalue weighted by Gasteiger charge is 2.22. The van der Waals surface area contributed by atoms with Crippen molar-refractivity contribution >= 4 is 11.2 Å². The zero-order valence-electron chi connectivity index (χ0n) is 19.0. The first-order chi connectivity index (χ1) is 15.4. The predicted octanol–water partition coefficient (Wildman–Crippen LogP) is 1.81. The monoisotopic (exact) mass is 444 g/mol. The van der Waals surface area contributed by atoms with Crippen LogP contribution in [0.15, 0.2) is 33.9 Å². The van der Waals surface area contributed by atoms with Crippen LogP contribution in [-0.4, -0.2) is 41.6 Å². The summed E-state index contributed by atoms with van der Waals surface area (Å²) in [6, 6.07) is 7.43. The van der Waals surface area contributed by atoms with E-state index in [1.807, 2.05) is 39.0 Å². The topological polar surface area (TPSA) is 112 Å². The van der Waals surface area contributed by atoms with Crippen LogP contribution in [0.25, 0.3) is 11.2 Å². The third kappa shape index (κ3) is 4.94. The molecule has 3 aromatic rings. The molecule has 0 aliphatic heterocycles. The molecular weight excluding hydrogens is 412 g/mol. The Morgan fingerprint density at radius 2 is 1.88 bits per heavy atom. The molecule has 1 aromatic carbocycles. The third-order valence-electron chi connectivity index (χ3n) is 5.34. The number of aliphatic hydroxyl groups excluding tert-OH is 2. The van der Waals surface area contributed by atoms with Crippen LogP contribution in [0, 0.1) is 6.92 Å². The van der Waals surface area contributed by atoms with E-state index in [1.54, 1.807) is 10.6 Å². The minimum absolute atomic E-state index is 0.0571. The smallest absolute Gasteiger partial charge is 0.332 e. The minimum atomic E-state index is -1.06. The van der Waals surface area contributed by atoms with Gasteiger partial charge in [0, 0.05) is 13.1 Å². The van der Waals surface area contributed by atoms with Crippen molar-refractivity contribution in [3.05, 3.63) is 56.5 Å². The molecule has 0 spiro atoms. The molecule has 1 atom stereocenters. The van der Waals surface area contributed by atoms with Crippen LogP contribution in [0.4, 0.5) is 0 Å². The van der Waals surface area contributed by atoms with Gasteiger partial charge in [0.15, 0.2) is 11.2 Å². The number of aliphatic hydroxyl groups is 2. The van der Waals surface area contributed by atoms with Gasteiger partial charge in [-0.05, 0) is 37.5 Å². The van der Waals surface area contributed by atoms with E-state index in [9.17, 15) is 19.8 Å². The first-order valence-electron chi connectivity index (χ1n) is 11.1. The van der Waals surface area contributed by atoms with Gasteiger partial charge in [-0.2, -0.15) is 0 Å². The molecule has 0 fully saturated rings. The lowest BCUT2D eigenvalue weighted by Crippen LogP contribution is -2.44. The average molecular weight is 445 g/mol. The SMILES string of the molecule is CCCCn1c(=O)n(CC(O)COc2cccc(C)c2)c(=O)c2c1nc(CO)n2CCC. The van der Waals surface area contributed by atoms with Crippen LogP contribution in [0.1, 0.15) is 44.5 Å². The van der Waals surface area contributed by atoms with Crippen molar-refractivity contribution in [2.45, 2.75) is 72.4 Å². The first kappa shape index (κ1) is 23.7. The molecule has 0 saturated heterocycles. The van der Waals surface area contributed by atoms with Crippen LogP contribution in [0.5, 0.6) is 5.75 Å². The Morgan fingerprint density at radius 1 is 1.09 bits per heavy atom. The van der Waals surface area contributed by atoms with Gasteiger partial charge >= 0.3 is 5.69 Å². The molecule has 32 heavy (non-hydrogen) atoms. The molecule has 0 radical (unpaired) electrons. The summed E-state index contributed by atoms with van der Waals surface area (Å²) in [6.45, 7) is 6.23. The number of aryl methyl sites for hydroxylation is 3. The summed E-state index contributed by atoms with van der Waals surface area (Å²) in [5.41, 5.74) is 0.552. The summed E-state index contributed by atoms with van der Waals surface area (Å²) in [5, 5.41) is 20.3. The van der Waals surface area contributed by atoms with Gasteiger partial charge < -0.3 is 19.5 Å². The second kappa shape index (κ2) is 10.6. The summed E-state index contributed by atoms with van der Waals surface area (Å²) < 4.78 is 9.84. The van der Waals surface area contributed by atoms with Gasteiger partial charge in [0.25, 0.3) is 5.56 Å². The fourth-order valence-corrected chi connectivity index (χ4v) is 3.76. The Hall–Kier alpha value is -2.91. The van der Waals surface area contributed by atoms with Gasteiger partial charge in [0.2, 0.25) is 0 Å². The van der Waals surface area contributed by atoms with Crippen LogP contribution >= 0.6 is 0 Å². The maximum Gasteiger partial charge on any atom is 0.332 e. The lowest BCUT2D eigenvalue weighted by molar-refractivity contribution is 0.0901. The maximum absolute atomic E-state index is 13.3. The fraction of sp³-hybridized carbons (Fsp3) is 0.522. The lowest BCUT2D eigenvalue weighted by Gasteiger charge is -2.16. The third-order valence-corrected chi connectivity index (χ3v) is 5.34. The average Bonchev–Trinajstić information content (AvgIpc) is 3.14. The van der Waals surface area contributed by atoms with Crippen molar-refractivity contribution in [3.8, 4) is 5.75 Å². The molecule has 0 saturated carbocycles. The minimum Gasteiger partial charge on any atom is -0.491 e. The molecular formula is C23H32N4O5. The summed E-state index contributed by atoms with van der Waals surface area (Å²) in [4.78, 5) is 30.9. The van der Waals surface area contributed by atoms with Crippen molar-refractivity contribution in [3.63, 3.8) is 0 Å². The standard InChI is InChI=1S/C23H32N4O5/c1-4-6-11-26-21-20(25(10-5-2)19(14-28)24-21)22(30)27(23(26)31)13-17(29)15-32-18-9-7-8-16(3)12-18/h7-9,12,17,28-29H,4-6,10-11,13-15H2,1-3H3. The predicted molar refractivity (Wildman–Crippen MR) is 122 cm³/mol. The highest BCUT2D eigenvalue weighted by atomic mass is 16.5. The van der Waals surface area contributed by atoms with Crippen molar-refractivity contribution in [1.82, 2.24) is 18.7 Å². The Labute approximate surface area is 186 Å². The van der Waals surface area contributed by atoms with E-state index in [0.29, 0.717) is 24.7 Å². The summed E-state index contributed by atoms with van der Waals surface area (Å²) in [6.07, 6.45) is 1.28. The zero-order valence-corrected chi connectivity index (χ0v) is 19.0. The second-order valence-corrected chi connectivity index (χ2v) is 7.99. The number of aromatic nitrogens is 4. The van der Waals surface area contributed by atoms with E-state index in [-0.39, 0.29) is 30.9 Å². The van der Waals surface area contributed by atoms with Gasteiger partial charge in [-0.1, -0.05) is 32.4 Å². The molecule has 1 unspecified atom stereocenters. The molecule has 0 aliphatic rings. The number of hydrogen-bond donors (Lipinski definition) is 2. The lowest BCUT2D eigenvalue weighted by atomic mass is 10.2. The Balaban J connectivity index is 2.00. The number of nitrogens with zero attached hydrogens (tertiary/aromatic N) is 4. The number of ether oxygens (including phenoxy) is 1. The molecule has 0 aliphatic carbocycles. The molecule has 0 bridgehead atoms. The van der Waals surface area contributed by atoms with Crippen molar-refractivity contribution in [2.75, 3.05) is 6.61 Å². The summed E-state index contributed by atoms with van der Waals surface area (Å²) >= 11 is 0. The van der Waals surface area contributed by atoms with Crippen molar-refractivity contribution in [1.29, 1.82) is 0 Å². The normalized spacial score (nSPS) is 12.4. The van der Waals surface area contributed by atoms with Crippen molar-refractivity contribution < 1.29 is 14.9 Å². The number of imidazole rings is 1. The number of unbranched alkanes of at least 4 members (excludes halogenated alkanes) is 1. The Morgan fingerprint density at radius 3 is 2.53 bits per heavy atom. The van der Waals surface area contributed by atoms with E-state index < -0.39 is 17.4 Å². The highest BCUT2D eigenvalue weighted by molar-refractivity contribution is 5.71.